The van der Waals surface area contributed by atoms with Gasteiger partial charge in [0.1, 0.15) is 0 Å². The molecule has 8 nitrogen and oxygen atoms in total. The predicted molar refractivity (Wildman–Crippen MR) is 132 cm³/mol. The highest BCUT2D eigenvalue weighted by Crippen LogP contribution is 2.45. The van der Waals surface area contributed by atoms with Gasteiger partial charge in [-0.25, -0.2) is 4.79 Å². The Morgan fingerprint density at radius 3 is 2.37 bits per heavy atom. The van der Waals surface area contributed by atoms with Crippen molar-refractivity contribution in [2.75, 3.05) is 47.0 Å². The molecule has 1 aromatic rings. The van der Waals surface area contributed by atoms with Crippen molar-refractivity contribution in [3.8, 4) is 11.5 Å². The minimum atomic E-state index is -0.775. The van der Waals surface area contributed by atoms with Crippen LogP contribution in [-0.2, 0) is 16.0 Å². The maximum atomic E-state index is 12.8. The van der Waals surface area contributed by atoms with Crippen molar-refractivity contribution in [1.82, 2.24) is 9.80 Å². The van der Waals surface area contributed by atoms with Crippen molar-refractivity contribution in [2.24, 2.45) is 23.7 Å². The molecule has 0 bridgehead atoms. The van der Waals surface area contributed by atoms with E-state index in [0.29, 0.717) is 44.4 Å². The monoisotopic (exact) mass is 488 g/mol. The Bertz CT molecular complexity index is 911. The highest BCUT2D eigenvalue weighted by atomic mass is 16.6. The summed E-state index contributed by atoms with van der Waals surface area (Å²) >= 11 is 0. The molecule has 3 heterocycles. The van der Waals surface area contributed by atoms with Crippen LogP contribution in [-0.4, -0.2) is 74.0 Å². The number of carboxylic acids is 1. The molecule has 0 aromatic heterocycles. The van der Waals surface area contributed by atoms with Gasteiger partial charge >= 0.3 is 12.1 Å². The fourth-order valence-electron chi connectivity index (χ4n) is 6.16. The molecule has 0 radical (unpaired) electrons. The molecule has 3 atom stereocenters. The molecule has 2 saturated heterocycles. The van der Waals surface area contributed by atoms with E-state index >= 15 is 0 Å². The number of methoxy groups -OCH3 is 2. The van der Waals surface area contributed by atoms with Crippen molar-refractivity contribution >= 4 is 12.1 Å². The van der Waals surface area contributed by atoms with Crippen LogP contribution in [0.1, 0.15) is 56.7 Å². The van der Waals surface area contributed by atoms with Gasteiger partial charge in [-0.1, -0.05) is 13.8 Å². The SMILES string of the molecule is COc1cc2c(cc1OC)C1CC(COC(=O)N3CCC(C(=O)O)CC3)C(CC(C)C)CN1CC2. The van der Waals surface area contributed by atoms with E-state index in [-0.39, 0.29) is 24.0 Å². The zero-order valence-corrected chi connectivity index (χ0v) is 21.5. The summed E-state index contributed by atoms with van der Waals surface area (Å²) in [6.45, 7) is 7.83. The van der Waals surface area contributed by atoms with Crippen LogP contribution in [0.25, 0.3) is 0 Å². The van der Waals surface area contributed by atoms with Gasteiger partial charge in [0.25, 0.3) is 0 Å². The lowest BCUT2D eigenvalue weighted by molar-refractivity contribution is -0.143. The summed E-state index contributed by atoms with van der Waals surface area (Å²) in [5.74, 6) is 1.71. The average molecular weight is 489 g/mol. The van der Waals surface area contributed by atoms with E-state index in [0.717, 1.165) is 43.9 Å². The van der Waals surface area contributed by atoms with E-state index < -0.39 is 5.97 Å². The van der Waals surface area contributed by atoms with Crippen LogP contribution in [0.15, 0.2) is 12.1 Å². The van der Waals surface area contributed by atoms with Crippen LogP contribution < -0.4 is 9.47 Å². The molecular weight excluding hydrogens is 448 g/mol. The summed E-state index contributed by atoms with van der Waals surface area (Å²) in [6.07, 6.45) is 3.70. The topological polar surface area (TPSA) is 88.5 Å². The molecule has 1 N–H and O–H groups in total. The quantitative estimate of drug-likeness (QED) is 0.615. The summed E-state index contributed by atoms with van der Waals surface area (Å²) in [6, 6.07) is 4.52. The Morgan fingerprint density at radius 2 is 1.74 bits per heavy atom. The molecule has 1 aromatic carbocycles. The summed E-state index contributed by atoms with van der Waals surface area (Å²) in [7, 11) is 3.34. The van der Waals surface area contributed by atoms with Crippen LogP contribution >= 0.6 is 0 Å². The first-order valence-corrected chi connectivity index (χ1v) is 12.9. The smallest absolute Gasteiger partial charge is 0.409 e. The number of benzene rings is 1. The zero-order valence-electron chi connectivity index (χ0n) is 21.5. The van der Waals surface area contributed by atoms with E-state index in [1.54, 1.807) is 19.1 Å². The number of nitrogens with zero attached hydrogens (tertiary/aromatic N) is 2. The van der Waals surface area contributed by atoms with Gasteiger partial charge in [0.05, 0.1) is 26.7 Å². The molecule has 1 amide bonds. The molecule has 0 spiro atoms. The molecule has 0 saturated carbocycles. The zero-order chi connectivity index (χ0) is 25.1. The number of aliphatic carboxylic acids is 1. The molecular formula is C27H40N2O6. The normalized spacial score (nSPS) is 25.1. The van der Waals surface area contributed by atoms with Crippen molar-refractivity contribution in [3.63, 3.8) is 0 Å². The molecule has 2 fully saturated rings. The van der Waals surface area contributed by atoms with Gasteiger partial charge in [-0.05, 0) is 73.1 Å². The van der Waals surface area contributed by atoms with Crippen LogP contribution in [0, 0.1) is 23.7 Å². The summed E-state index contributed by atoms with van der Waals surface area (Å²) < 4.78 is 17.0. The second kappa shape index (κ2) is 11.1. The summed E-state index contributed by atoms with van der Waals surface area (Å²) in [5.41, 5.74) is 2.60. The van der Waals surface area contributed by atoms with Gasteiger partial charge in [-0.3, -0.25) is 9.69 Å². The molecule has 3 unspecified atom stereocenters. The first-order valence-electron chi connectivity index (χ1n) is 12.9. The first kappa shape index (κ1) is 25.6. The number of carboxylic acid groups (broad SMARTS) is 1. The standard InChI is InChI=1S/C27H40N2O6/c1-17(2)11-20-15-29-10-7-19-13-24(33-3)25(34-4)14-22(19)23(29)12-21(20)16-35-27(32)28-8-5-18(6-9-28)26(30)31/h13-14,17-18,20-21,23H,5-12,15-16H2,1-4H3,(H,30,31). The lowest BCUT2D eigenvalue weighted by atomic mass is 9.74. The van der Waals surface area contributed by atoms with Gasteiger partial charge in [0, 0.05) is 32.2 Å². The van der Waals surface area contributed by atoms with Crippen molar-refractivity contribution in [1.29, 1.82) is 0 Å². The number of carbonyl (C=O) groups is 2. The highest BCUT2D eigenvalue weighted by molar-refractivity contribution is 5.71. The van der Waals surface area contributed by atoms with Gasteiger partial charge in [0.2, 0.25) is 0 Å². The van der Waals surface area contributed by atoms with Crippen LogP contribution in [0.3, 0.4) is 0 Å². The fraction of sp³-hybridized carbons (Fsp3) is 0.704. The number of piperidine rings is 2. The molecule has 3 aliphatic heterocycles. The van der Waals surface area contributed by atoms with E-state index in [1.807, 2.05) is 0 Å². The summed E-state index contributed by atoms with van der Waals surface area (Å²) in [4.78, 5) is 28.3. The molecule has 8 heteroatoms. The Hall–Kier alpha value is -2.48. The number of hydrogen-bond donors (Lipinski definition) is 1. The van der Waals surface area contributed by atoms with Crippen LogP contribution in [0.4, 0.5) is 4.79 Å². The number of likely N-dealkylation sites (tertiary alicyclic amines) is 1. The molecule has 0 aliphatic carbocycles. The second-order valence-electron chi connectivity index (χ2n) is 10.7. The fourth-order valence-corrected chi connectivity index (χ4v) is 6.16. The number of ether oxygens (including phenoxy) is 3. The van der Waals surface area contributed by atoms with Crippen molar-refractivity contribution in [2.45, 2.75) is 52.0 Å². The first-order chi connectivity index (χ1) is 16.8. The van der Waals surface area contributed by atoms with E-state index in [4.69, 9.17) is 14.2 Å². The lowest BCUT2D eigenvalue weighted by Crippen LogP contribution is -2.48. The third-order valence-electron chi connectivity index (χ3n) is 8.07. The maximum Gasteiger partial charge on any atom is 0.409 e. The second-order valence-corrected chi connectivity index (χ2v) is 10.7. The van der Waals surface area contributed by atoms with Gasteiger partial charge in [-0.2, -0.15) is 0 Å². The van der Waals surface area contributed by atoms with Gasteiger partial charge < -0.3 is 24.2 Å². The number of hydrogen-bond acceptors (Lipinski definition) is 6. The van der Waals surface area contributed by atoms with E-state index in [2.05, 4.69) is 30.9 Å². The molecule has 3 aliphatic rings. The number of rotatable bonds is 7. The van der Waals surface area contributed by atoms with Gasteiger partial charge in [0.15, 0.2) is 11.5 Å². The van der Waals surface area contributed by atoms with E-state index in [1.165, 1.54) is 11.1 Å². The van der Waals surface area contributed by atoms with Crippen LogP contribution in [0.2, 0.25) is 0 Å². The van der Waals surface area contributed by atoms with Crippen molar-refractivity contribution < 1.29 is 28.9 Å². The van der Waals surface area contributed by atoms with Gasteiger partial charge in [-0.15, -0.1) is 0 Å². The minimum absolute atomic E-state index is 0.275. The van der Waals surface area contributed by atoms with Crippen LogP contribution in [0.5, 0.6) is 11.5 Å². The van der Waals surface area contributed by atoms with E-state index in [9.17, 15) is 14.7 Å². The predicted octanol–water partition coefficient (Wildman–Crippen LogP) is 4.22. The Kier molecular flexibility index (Phi) is 8.09. The lowest BCUT2D eigenvalue weighted by Gasteiger charge is -2.47. The molecule has 4 rings (SSSR count). The highest BCUT2D eigenvalue weighted by Gasteiger charge is 2.40. The summed E-state index contributed by atoms with van der Waals surface area (Å²) in [5, 5.41) is 9.21. The number of carbonyl (C=O) groups excluding carboxylic acids is 1. The number of fused-ring (bicyclic) bond motifs is 3. The largest absolute Gasteiger partial charge is 0.493 e. The van der Waals surface area contributed by atoms with Crippen molar-refractivity contribution in [3.05, 3.63) is 23.3 Å². The third-order valence-corrected chi connectivity index (χ3v) is 8.07. The molecule has 194 valence electrons. The Balaban J connectivity index is 1.46. The third kappa shape index (κ3) is 5.68. The Labute approximate surface area is 208 Å². The Morgan fingerprint density at radius 1 is 1.06 bits per heavy atom. The average Bonchev–Trinajstić information content (AvgIpc) is 2.85. The minimum Gasteiger partial charge on any atom is -0.493 e. The number of amides is 1. The maximum absolute atomic E-state index is 12.8. The molecule has 35 heavy (non-hydrogen) atoms.